The van der Waals surface area contributed by atoms with Crippen molar-refractivity contribution in [3.8, 4) is 11.5 Å². The average Bonchev–Trinajstić information content (AvgIpc) is 2.85. The van der Waals surface area contributed by atoms with E-state index in [4.69, 9.17) is 9.47 Å². The molecule has 3 rings (SSSR count). The van der Waals surface area contributed by atoms with Crippen molar-refractivity contribution >= 4 is 43.5 Å². The van der Waals surface area contributed by atoms with Crippen molar-refractivity contribution in [1.82, 2.24) is 10.2 Å². The van der Waals surface area contributed by atoms with Gasteiger partial charge in [0.15, 0.2) is 11.5 Å². The summed E-state index contributed by atoms with van der Waals surface area (Å²) in [5, 5.41) is 2.55. The van der Waals surface area contributed by atoms with Gasteiger partial charge >= 0.3 is 0 Å². The Hall–Kier alpha value is -2.79. The second-order valence-electron chi connectivity index (χ2n) is 7.67. The van der Waals surface area contributed by atoms with Gasteiger partial charge in [-0.3, -0.25) is 13.9 Å². The largest absolute Gasteiger partial charge is 0.486 e. The molecule has 0 bridgehead atoms. The highest BCUT2D eigenvalue weighted by atomic mass is 79.9. The topological polar surface area (TPSA) is 105 Å². The lowest BCUT2D eigenvalue weighted by atomic mass is 10.1. The third-order valence-corrected chi connectivity index (χ3v) is 7.74. The van der Waals surface area contributed by atoms with Crippen LogP contribution in [0, 0.1) is 0 Å². The van der Waals surface area contributed by atoms with Crippen molar-refractivity contribution < 1.29 is 27.5 Å². The predicted octanol–water partition coefficient (Wildman–Crippen LogP) is 2.54. The summed E-state index contributed by atoms with van der Waals surface area (Å²) in [4.78, 5) is 27.3. The van der Waals surface area contributed by atoms with Crippen LogP contribution < -0.4 is 19.1 Å². The molecule has 1 aliphatic heterocycles. The Balaban J connectivity index is 1.94. The Morgan fingerprint density at radius 1 is 1.09 bits per heavy atom. The zero-order valence-electron chi connectivity index (χ0n) is 19.3. The molecule has 0 fully saturated rings. The summed E-state index contributed by atoms with van der Waals surface area (Å²) in [5.74, 6) is -0.134. The number of likely N-dealkylation sites (N-methyl/N-ethyl adjacent to an activating group) is 1. The number of halogens is 1. The second kappa shape index (κ2) is 11.1. The minimum atomic E-state index is -3.82. The lowest BCUT2D eigenvalue weighted by Crippen LogP contribution is -2.51. The molecular weight excluding hydrogens is 526 g/mol. The number of nitrogens with one attached hydrogen (secondary N) is 1. The maximum Gasteiger partial charge on any atom is 0.244 e. The van der Waals surface area contributed by atoms with Gasteiger partial charge in [-0.05, 0) is 43.7 Å². The Kier molecular flexibility index (Phi) is 8.42. The van der Waals surface area contributed by atoms with E-state index in [0.29, 0.717) is 24.7 Å². The van der Waals surface area contributed by atoms with Crippen LogP contribution >= 0.6 is 15.9 Å². The van der Waals surface area contributed by atoms with E-state index < -0.39 is 28.5 Å². The number of carbonyl (C=O) groups excluding carboxylic acids is 2. The number of carbonyl (C=O) groups is 2. The number of anilines is 1. The predicted molar refractivity (Wildman–Crippen MR) is 132 cm³/mol. The number of rotatable bonds is 9. The van der Waals surface area contributed by atoms with Crippen molar-refractivity contribution in [2.75, 3.05) is 36.9 Å². The molecule has 2 aromatic carbocycles. The molecule has 184 valence electrons. The van der Waals surface area contributed by atoms with Crippen molar-refractivity contribution in [3.63, 3.8) is 0 Å². The summed E-state index contributed by atoms with van der Waals surface area (Å²) >= 11 is 3.38. The van der Waals surface area contributed by atoms with E-state index in [0.717, 1.165) is 14.3 Å². The molecule has 34 heavy (non-hydrogen) atoms. The molecule has 0 aromatic heterocycles. The number of benzene rings is 2. The Morgan fingerprint density at radius 3 is 2.35 bits per heavy atom. The SMILES string of the molecule is CCS(=O)(=O)N(CC(=O)N(Cc1ccc(Br)cc1)C(C)C(=O)NC)c1ccc2c(c1)OCCO2. The van der Waals surface area contributed by atoms with Crippen LogP contribution in [0.15, 0.2) is 46.9 Å². The van der Waals surface area contributed by atoms with Crippen LogP contribution in [-0.2, 0) is 26.2 Å². The first kappa shape index (κ1) is 25.8. The first-order valence-electron chi connectivity index (χ1n) is 10.8. The van der Waals surface area contributed by atoms with E-state index in [1.54, 1.807) is 25.1 Å². The quantitative estimate of drug-likeness (QED) is 0.511. The van der Waals surface area contributed by atoms with Crippen molar-refractivity contribution in [3.05, 3.63) is 52.5 Å². The van der Waals surface area contributed by atoms with Gasteiger partial charge in [-0.15, -0.1) is 0 Å². The van der Waals surface area contributed by atoms with E-state index in [2.05, 4.69) is 21.2 Å². The number of sulfonamides is 1. The molecular formula is C23H28BrN3O6S. The first-order valence-corrected chi connectivity index (χ1v) is 13.2. The van der Waals surface area contributed by atoms with E-state index in [1.807, 2.05) is 24.3 Å². The van der Waals surface area contributed by atoms with Gasteiger partial charge in [-0.1, -0.05) is 28.1 Å². The van der Waals surface area contributed by atoms with Gasteiger partial charge < -0.3 is 19.7 Å². The first-order chi connectivity index (χ1) is 16.2. The highest BCUT2D eigenvalue weighted by Gasteiger charge is 2.31. The minimum absolute atomic E-state index is 0.141. The minimum Gasteiger partial charge on any atom is -0.486 e. The van der Waals surface area contributed by atoms with Crippen LogP contribution in [0.3, 0.4) is 0 Å². The fourth-order valence-electron chi connectivity index (χ4n) is 3.48. The molecule has 1 unspecified atom stereocenters. The number of fused-ring (bicyclic) bond motifs is 1. The fraction of sp³-hybridized carbons (Fsp3) is 0.391. The zero-order valence-corrected chi connectivity index (χ0v) is 21.7. The lowest BCUT2D eigenvalue weighted by molar-refractivity contribution is -0.139. The fourth-order valence-corrected chi connectivity index (χ4v) is 4.80. The number of nitrogens with zero attached hydrogens (tertiary/aromatic N) is 2. The Labute approximate surface area is 208 Å². The van der Waals surface area contributed by atoms with E-state index in [9.17, 15) is 18.0 Å². The van der Waals surface area contributed by atoms with Crippen LogP contribution in [0.1, 0.15) is 19.4 Å². The van der Waals surface area contributed by atoms with Crippen LogP contribution in [0.4, 0.5) is 5.69 Å². The number of amides is 2. The third-order valence-electron chi connectivity index (χ3n) is 5.47. The number of hydrogen-bond acceptors (Lipinski definition) is 6. The van der Waals surface area contributed by atoms with Gasteiger partial charge in [0.2, 0.25) is 21.8 Å². The number of ether oxygens (including phenoxy) is 2. The molecule has 2 amide bonds. The van der Waals surface area contributed by atoms with Gasteiger partial charge in [-0.25, -0.2) is 8.42 Å². The van der Waals surface area contributed by atoms with Gasteiger partial charge in [0, 0.05) is 24.1 Å². The average molecular weight is 554 g/mol. The summed E-state index contributed by atoms with van der Waals surface area (Å²) < 4.78 is 39.0. The van der Waals surface area contributed by atoms with Crippen LogP contribution in [-0.4, -0.2) is 63.7 Å². The molecule has 1 N–H and O–H groups in total. The van der Waals surface area contributed by atoms with Gasteiger partial charge in [0.25, 0.3) is 0 Å². The molecule has 11 heteroatoms. The monoisotopic (exact) mass is 553 g/mol. The molecule has 0 spiro atoms. The van der Waals surface area contributed by atoms with Crippen LogP contribution in [0.2, 0.25) is 0 Å². The number of hydrogen-bond donors (Lipinski definition) is 1. The zero-order chi connectivity index (χ0) is 24.9. The lowest BCUT2D eigenvalue weighted by Gasteiger charge is -2.32. The van der Waals surface area contributed by atoms with Crippen molar-refractivity contribution in [2.24, 2.45) is 0 Å². The molecule has 2 aromatic rings. The normalized spacial score (nSPS) is 13.6. The molecule has 0 saturated heterocycles. The summed E-state index contributed by atoms with van der Waals surface area (Å²) in [5.41, 5.74) is 1.09. The Morgan fingerprint density at radius 2 is 1.74 bits per heavy atom. The van der Waals surface area contributed by atoms with E-state index in [1.165, 1.54) is 18.9 Å². The molecule has 9 nitrogen and oxygen atoms in total. The second-order valence-corrected chi connectivity index (χ2v) is 10.8. The van der Waals surface area contributed by atoms with Crippen molar-refractivity contribution in [2.45, 2.75) is 26.4 Å². The molecule has 1 atom stereocenters. The molecule has 0 radical (unpaired) electrons. The molecule has 0 aliphatic carbocycles. The Bertz CT molecular complexity index is 1140. The van der Waals surface area contributed by atoms with Crippen molar-refractivity contribution in [1.29, 1.82) is 0 Å². The van der Waals surface area contributed by atoms with Crippen LogP contribution in [0.25, 0.3) is 0 Å². The van der Waals surface area contributed by atoms with Crippen LogP contribution in [0.5, 0.6) is 11.5 Å². The molecule has 1 heterocycles. The highest BCUT2D eigenvalue weighted by Crippen LogP contribution is 2.35. The standard InChI is InChI=1S/C23H28BrN3O6S/c1-4-34(30,31)27(19-9-10-20-21(13-19)33-12-11-32-20)15-22(28)26(16(2)23(29)25-3)14-17-5-7-18(24)8-6-17/h5-10,13,16H,4,11-12,14-15H2,1-3H3,(H,25,29). The summed E-state index contributed by atoms with van der Waals surface area (Å²) in [6.07, 6.45) is 0. The van der Waals surface area contributed by atoms with E-state index in [-0.39, 0.29) is 23.9 Å². The molecule has 1 aliphatic rings. The maximum atomic E-state index is 13.5. The smallest absolute Gasteiger partial charge is 0.244 e. The molecule has 0 saturated carbocycles. The van der Waals surface area contributed by atoms with E-state index >= 15 is 0 Å². The maximum absolute atomic E-state index is 13.5. The summed E-state index contributed by atoms with van der Waals surface area (Å²) in [6.45, 7) is 3.55. The van der Waals surface area contributed by atoms with Gasteiger partial charge in [0.05, 0.1) is 11.4 Å². The third kappa shape index (κ3) is 6.01. The summed E-state index contributed by atoms with van der Waals surface area (Å²) in [7, 11) is -2.33. The highest BCUT2D eigenvalue weighted by molar-refractivity contribution is 9.10. The van der Waals surface area contributed by atoms with Gasteiger partial charge in [-0.2, -0.15) is 0 Å². The van der Waals surface area contributed by atoms with Gasteiger partial charge in [0.1, 0.15) is 25.8 Å². The summed E-state index contributed by atoms with van der Waals surface area (Å²) in [6, 6.07) is 11.3.